The van der Waals surface area contributed by atoms with Crippen molar-refractivity contribution in [3.05, 3.63) is 11.8 Å². The molecule has 0 saturated carbocycles. The van der Waals surface area contributed by atoms with Crippen LogP contribution < -0.4 is 5.11 Å². The quantitative estimate of drug-likeness (QED) is 0.402. The van der Waals surface area contributed by atoms with E-state index >= 15 is 0 Å². The first-order valence-electron chi connectivity index (χ1n) is 3.68. The zero-order chi connectivity index (χ0) is 11.6. The molecule has 8 nitrogen and oxygen atoms in total. The molecule has 0 aromatic carbocycles. The summed E-state index contributed by atoms with van der Waals surface area (Å²) >= 11 is 0. The van der Waals surface area contributed by atoms with Crippen LogP contribution in [0.25, 0.3) is 0 Å². The van der Waals surface area contributed by atoms with Crippen molar-refractivity contribution in [2.45, 2.75) is 12.2 Å². The summed E-state index contributed by atoms with van der Waals surface area (Å²) in [7, 11) is -4.98. The van der Waals surface area contributed by atoms with Crippen molar-refractivity contribution in [1.82, 2.24) is 0 Å². The first-order chi connectivity index (χ1) is 6.79. The molecule has 1 aliphatic heterocycles. The van der Waals surface area contributed by atoms with Gasteiger partial charge in [-0.05, 0) is 6.08 Å². The number of rotatable bonds is 3. The number of carbonyl (C=O) groups is 1. The fourth-order valence-electron chi connectivity index (χ4n) is 0.944. The van der Waals surface area contributed by atoms with Crippen LogP contribution in [0.4, 0.5) is 0 Å². The van der Waals surface area contributed by atoms with E-state index in [2.05, 4.69) is 8.92 Å². The highest BCUT2D eigenvalue weighted by Crippen LogP contribution is 2.15. The van der Waals surface area contributed by atoms with Gasteiger partial charge in [-0.2, -0.15) is 0 Å². The van der Waals surface area contributed by atoms with Gasteiger partial charge >= 0.3 is 0 Å². The summed E-state index contributed by atoms with van der Waals surface area (Å²) in [6.07, 6.45) is -2.32. The number of hydrogen-bond acceptors (Lipinski definition) is 8. The molecule has 1 aliphatic rings. The lowest BCUT2D eigenvalue weighted by molar-refractivity contribution is -0.304. The number of ether oxygens (including phenoxy) is 1. The lowest BCUT2D eigenvalue weighted by atomic mass is 10.1. The third kappa shape index (κ3) is 3.47. The van der Waals surface area contributed by atoms with Crippen LogP contribution in [0.3, 0.4) is 0 Å². The van der Waals surface area contributed by atoms with Gasteiger partial charge in [0.25, 0.3) is 0 Å². The minimum atomic E-state index is -4.98. The second-order valence-electron chi connectivity index (χ2n) is 2.66. The van der Waals surface area contributed by atoms with E-state index in [-0.39, 0.29) is 0 Å². The van der Waals surface area contributed by atoms with E-state index < -0.39 is 40.9 Å². The lowest BCUT2D eigenvalue weighted by Crippen LogP contribution is -2.40. The molecule has 1 rings (SSSR count). The van der Waals surface area contributed by atoms with Gasteiger partial charge in [0.15, 0.2) is 0 Å². The summed E-state index contributed by atoms with van der Waals surface area (Å²) in [6, 6.07) is 0. The SMILES string of the molecule is O=C([O-])C1=CC(O)C(OS(=O)(=O)[O-])CO1. The minimum Gasteiger partial charge on any atom is -0.726 e. The Morgan fingerprint density at radius 3 is 2.67 bits per heavy atom. The third-order valence-corrected chi connectivity index (χ3v) is 2.03. The molecule has 0 spiro atoms. The second-order valence-corrected chi connectivity index (χ2v) is 3.67. The van der Waals surface area contributed by atoms with Crippen LogP contribution in [-0.2, 0) is 24.1 Å². The van der Waals surface area contributed by atoms with Gasteiger partial charge in [0.2, 0.25) is 10.4 Å². The van der Waals surface area contributed by atoms with Crippen LogP contribution in [0.15, 0.2) is 11.8 Å². The molecule has 2 atom stereocenters. The highest BCUT2D eigenvalue weighted by Gasteiger charge is 2.27. The van der Waals surface area contributed by atoms with Gasteiger partial charge in [0.05, 0.1) is 0 Å². The first-order valence-corrected chi connectivity index (χ1v) is 5.01. The van der Waals surface area contributed by atoms with Crippen molar-refractivity contribution in [1.29, 1.82) is 0 Å². The first kappa shape index (κ1) is 11.9. The van der Waals surface area contributed by atoms with Crippen LogP contribution in [0, 0.1) is 0 Å². The summed E-state index contributed by atoms with van der Waals surface area (Å²) in [5.74, 6) is -2.29. The Bertz CT molecular complexity index is 382. The molecule has 0 saturated heterocycles. The third-order valence-electron chi connectivity index (χ3n) is 1.55. The van der Waals surface area contributed by atoms with Crippen molar-refractivity contribution in [3.8, 4) is 0 Å². The van der Waals surface area contributed by atoms with Crippen molar-refractivity contribution in [2.24, 2.45) is 0 Å². The number of aliphatic hydroxyl groups excluding tert-OH is 1. The molecule has 0 aromatic rings. The molecular weight excluding hydrogens is 232 g/mol. The predicted molar refractivity (Wildman–Crippen MR) is 39.6 cm³/mol. The van der Waals surface area contributed by atoms with E-state index in [1.54, 1.807) is 0 Å². The molecule has 0 bridgehead atoms. The van der Waals surface area contributed by atoms with Crippen LogP contribution in [0.2, 0.25) is 0 Å². The van der Waals surface area contributed by atoms with Gasteiger partial charge < -0.3 is 24.3 Å². The summed E-state index contributed by atoms with van der Waals surface area (Å²) in [5, 5.41) is 19.4. The summed E-state index contributed by atoms with van der Waals surface area (Å²) in [6.45, 7) is -0.567. The number of hydrogen-bond donors (Lipinski definition) is 1. The molecule has 0 aliphatic carbocycles. The maximum atomic E-state index is 10.3. The van der Waals surface area contributed by atoms with E-state index in [0.717, 1.165) is 0 Å². The van der Waals surface area contributed by atoms with E-state index in [9.17, 15) is 28.0 Å². The summed E-state index contributed by atoms with van der Waals surface area (Å²) in [5.41, 5.74) is 0. The number of aliphatic hydroxyl groups is 1. The number of carboxylic acid groups (broad SMARTS) is 1. The second kappa shape index (κ2) is 4.14. The molecule has 0 fully saturated rings. The van der Waals surface area contributed by atoms with Gasteiger partial charge in [-0.15, -0.1) is 0 Å². The molecule has 86 valence electrons. The molecular formula is C6H6O8S-2. The highest BCUT2D eigenvalue weighted by molar-refractivity contribution is 7.80. The molecule has 2 unspecified atom stereocenters. The van der Waals surface area contributed by atoms with Gasteiger partial charge in [-0.3, -0.25) is 4.18 Å². The maximum absolute atomic E-state index is 10.3. The molecule has 15 heavy (non-hydrogen) atoms. The Morgan fingerprint density at radius 2 is 2.27 bits per heavy atom. The Labute approximate surface area is 84.7 Å². The zero-order valence-corrected chi connectivity index (χ0v) is 7.97. The minimum absolute atomic E-state index is 0.567. The van der Waals surface area contributed by atoms with Gasteiger partial charge in [0.1, 0.15) is 30.5 Å². The topological polar surface area (TPSA) is 136 Å². The van der Waals surface area contributed by atoms with Crippen molar-refractivity contribution >= 4 is 16.4 Å². The van der Waals surface area contributed by atoms with Crippen molar-refractivity contribution in [3.63, 3.8) is 0 Å². The Morgan fingerprint density at radius 1 is 1.67 bits per heavy atom. The monoisotopic (exact) mass is 238 g/mol. The van der Waals surface area contributed by atoms with Crippen LogP contribution >= 0.6 is 0 Å². The fourth-order valence-corrected chi connectivity index (χ4v) is 1.42. The van der Waals surface area contributed by atoms with Crippen molar-refractivity contribution in [2.75, 3.05) is 6.61 Å². The number of carbonyl (C=O) groups excluding carboxylic acids is 1. The van der Waals surface area contributed by atoms with E-state index in [4.69, 9.17) is 0 Å². The van der Waals surface area contributed by atoms with E-state index in [0.29, 0.717) is 6.08 Å². The van der Waals surface area contributed by atoms with Crippen molar-refractivity contribution < 1.29 is 36.9 Å². The van der Waals surface area contributed by atoms with E-state index in [1.807, 2.05) is 0 Å². The smallest absolute Gasteiger partial charge is 0.218 e. The molecule has 0 radical (unpaired) electrons. The Balaban J connectivity index is 2.73. The molecule has 9 heteroatoms. The highest BCUT2D eigenvalue weighted by atomic mass is 32.3. The Kier molecular flexibility index (Phi) is 3.29. The Hall–Kier alpha value is -1.16. The number of carboxylic acids is 1. The molecule has 0 aromatic heterocycles. The van der Waals surface area contributed by atoms with Gasteiger partial charge in [-0.1, -0.05) is 0 Å². The average molecular weight is 238 g/mol. The molecule has 1 heterocycles. The maximum Gasteiger partial charge on any atom is 0.218 e. The zero-order valence-electron chi connectivity index (χ0n) is 7.15. The predicted octanol–water partition coefficient (Wildman–Crippen LogP) is -3.14. The summed E-state index contributed by atoms with van der Waals surface area (Å²) in [4.78, 5) is 10.3. The summed E-state index contributed by atoms with van der Waals surface area (Å²) < 4.78 is 38.9. The fraction of sp³-hybridized carbons (Fsp3) is 0.500. The lowest BCUT2D eigenvalue weighted by Gasteiger charge is -2.27. The molecule has 0 amide bonds. The van der Waals surface area contributed by atoms with Gasteiger partial charge in [0, 0.05) is 0 Å². The standard InChI is InChI=1S/C6H8O8S/c7-3-1-4(6(8)9)13-2-5(3)14-15(10,11)12/h1,3,5,7H,2H2,(H,8,9)(H,10,11,12)/p-2. The molecule has 1 N–H and O–H groups in total. The van der Waals surface area contributed by atoms with Gasteiger partial charge in [-0.25, -0.2) is 8.42 Å². The van der Waals surface area contributed by atoms with E-state index in [1.165, 1.54) is 0 Å². The normalized spacial score (nSPS) is 26.7. The average Bonchev–Trinajstić information content (AvgIpc) is 2.05. The largest absolute Gasteiger partial charge is 0.726 e. The van der Waals surface area contributed by atoms with Crippen LogP contribution in [0.1, 0.15) is 0 Å². The van der Waals surface area contributed by atoms with Crippen LogP contribution in [0.5, 0.6) is 0 Å². The van der Waals surface area contributed by atoms with Crippen LogP contribution in [-0.4, -0.2) is 42.9 Å². The number of aliphatic carboxylic acids is 1.